The van der Waals surface area contributed by atoms with E-state index in [1.54, 1.807) is 31.5 Å². The summed E-state index contributed by atoms with van der Waals surface area (Å²) in [5.41, 5.74) is 6.26. The highest BCUT2D eigenvalue weighted by Gasteiger charge is 2.10. The van der Waals surface area contributed by atoms with Gasteiger partial charge in [-0.05, 0) is 13.0 Å². The van der Waals surface area contributed by atoms with Crippen molar-refractivity contribution in [2.75, 3.05) is 0 Å². The minimum absolute atomic E-state index is 0.251. The highest BCUT2D eigenvalue weighted by molar-refractivity contribution is 5.13. The van der Waals surface area contributed by atoms with Crippen LogP contribution in [-0.4, -0.2) is 16.1 Å². The first kappa shape index (κ1) is 8.17. The van der Waals surface area contributed by atoms with Crippen molar-refractivity contribution in [3.8, 4) is 0 Å². The highest BCUT2D eigenvalue weighted by Crippen LogP contribution is 2.12. The lowest BCUT2D eigenvalue weighted by Gasteiger charge is -2.13. The van der Waals surface area contributed by atoms with E-state index < -0.39 is 6.10 Å². The Hall–Kier alpha value is -0.930. The first-order valence-electron chi connectivity index (χ1n) is 3.55. The molecule has 3 N–H and O–H groups in total. The van der Waals surface area contributed by atoms with Crippen LogP contribution in [-0.2, 0) is 0 Å². The number of aliphatic hydroxyl groups is 1. The van der Waals surface area contributed by atoms with Gasteiger partial charge in [-0.3, -0.25) is 4.98 Å². The first-order chi connectivity index (χ1) is 5.22. The zero-order valence-electron chi connectivity index (χ0n) is 6.44. The van der Waals surface area contributed by atoms with Crippen LogP contribution in [0.3, 0.4) is 0 Å². The lowest BCUT2D eigenvalue weighted by Crippen LogP contribution is -2.24. The molecule has 1 heterocycles. The van der Waals surface area contributed by atoms with Crippen molar-refractivity contribution in [3.05, 3.63) is 30.1 Å². The van der Waals surface area contributed by atoms with Crippen molar-refractivity contribution < 1.29 is 5.11 Å². The van der Waals surface area contributed by atoms with Crippen molar-refractivity contribution in [2.24, 2.45) is 5.73 Å². The van der Waals surface area contributed by atoms with Crippen molar-refractivity contribution >= 4 is 0 Å². The number of hydrogen-bond donors (Lipinski definition) is 2. The number of nitrogens with two attached hydrogens (primary N) is 1. The topological polar surface area (TPSA) is 59.1 Å². The van der Waals surface area contributed by atoms with Crippen LogP contribution < -0.4 is 5.73 Å². The molecule has 0 amide bonds. The summed E-state index contributed by atoms with van der Waals surface area (Å²) in [5.74, 6) is 0. The summed E-state index contributed by atoms with van der Waals surface area (Å²) in [7, 11) is 0. The van der Waals surface area contributed by atoms with E-state index in [1.807, 2.05) is 0 Å². The Morgan fingerprint density at radius 2 is 2.36 bits per heavy atom. The summed E-state index contributed by atoms with van der Waals surface area (Å²) < 4.78 is 0. The molecule has 3 heteroatoms. The Morgan fingerprint density at radius 3 is 2.82 bits per heavy atom. The number of aliphatic hydroxyl groups excluding tert-OH is 1. The van der Waals surface area contributed by atoms with Gasteiger partial charge in [-0.25, -0.2) is 0 Å². The average Bonchev–Trinajstić information content (AvgIpc) is 2.05. The Bertz CT molecular complexity index is 211. The van der Waals surface area contributed by atoms with Crippen LogP contribution in [0.15, 0.2) is 24.5 Å². The van der Waals surface area contributed by atoms with Crippen LogP contribution >= 0.6 is 0 Å². The third kappa shape index (κ3) is 2.00. The number of aromatic nitrogens is 1. The van der Waals surface area contributed by atoms with Crippen molar-refractivity contribution in [2.45, 2.75) is 19.1 Å². The maximum atomic E-state index is 9.43. The normalized spacial score (nSPS) is 15.9. The van der Waals surface area contributed by atoms with Crippen molar-refractivity contribution in [1.82, 2.24) is 4.98 Å². The summed E-state index contributed by atoms with van der Waals surface area (Å²) in [4.78, 5) is 3.87. The van der Waals surface area contributed by atoms with Gasteiger partial charge in [-0.15, -0.1) is 0 Å². The quantitative estimate of drug-likeness (QED) is 0.647. The first-order valence-corrected chi connectivity index (χ1v) is 3.55. The predicted molar refractivity (Wildman–Crippen MR) is 42.8 cm³/mol. The van der Waals surface area contributed by atoms with Gasteiger partial charge in [0.25, 0.3) is 0 Å². The van der Waals surface area contributed by atoms with Gasteiger partial charge in [0.1, 0.15) is 0 Å². The summed E-state index contributed by atoms with van der Waals surface area (Å²) in [6, 6.07) is 3.33. The molecule has 11 heavy (non-hydrogen) atoms. The Labute approximate surface area is 65.9 Å². The van der Waals surface area contributed by atoms with Gasteiger partial charge in [-0.1, -0.05) is 6.07 Å². The smallest absolute Gasteiger partial charge is 0.0952 e. The third-order valence-electron chi connectivity index (χ3n) is 1.52. The maximum Gasteiger partial charge on any atom is 0.0952 e. The molecule has 1 rings (SSSR count). The van der Waals surface area contributed by atoms with E-state index in [0.29, 0.717) is 0 Å². The molecule has 0 aliphatic carbocycles. The number of nitrogens with zero attached hydrogens (tertiary/aromatic N) is 1. The molecule has 0 saturated heterocycles. The van der Waals surface area contributed by atoms with Crippen LogP contribution in [0, 0.1) is 0 Å². The number of pyridine rings is 1. The molecule has 1 aromatic rings. The Kier molecular flexibility index (Phi) is 2.57. The monoisotopic (exact) mass is 152 g/mol. The van der Waals surface area contributed by atoms with Crippen LogP contribution in [0.4, 0.5) is 0 Å². The van der Waals surface area contributed by atoms with Gasteiger partial charge in [0.2, 0.25) is 0 Å². The molecule has 2 atom stereocenters. The van der Waals surface area contributed by atoms with E-state index in [1.165, 1.54) is 0 Å². The van der Waals surface area contributed by atoms with E-state index in [2.05, 4.69) is 4.98 Å². The average molecular weight is 152 g/mol. The minimum Gasteiger partial charge on any atom is -0.387 e. The van der Waals surface area contributed by atoms with E-state index in [9.17, 15) is 5.11 Å². The van der Waals surface area contributed by atoms with E-state index in [4.69, 9.17) is 5.73 Å². The molecule has 0 aromatic carbocycles. The van der Waals surface area contributed by atoms with E-state index in [0.717, 1.165) is 5.56 Å². The molecular weight excluding hydrogens is 140 g/mol. The zero-order chi connectivity index (χ0) is 8.27. The SMILES string of the molecule is C[C@@H](N)[C@@H](O)c1cccnc1. The van der Waals surface area contributed by atoms with Gasteiger partial charge in [-0.2, -0.15) is 0 Å². The largest absolute Gasteiger partial charge is 0.387 e. The molecule has 0 spiro atoms. The second-order valence-electron chi connectivity index (χ2n) is 2.59. The molecule has 1 aromatic heterocycles. The second kappa shape index (κ2) is 3.46. The van der Waals surface area contributed by atoms with Crippen LogP contribution in [0.25, 0.3) is 0 Å². The van der Waals surface area contributed by atoms with Crippen LogP contribution in [0.2, 0.25) is 0 Å². The fourth-order valence-corrected chi connectivity index (χ4v) is 0.854. The Balaban J connectivity index is 2.77. The molecule has 0 unspecified atom stereocenters. The van der Waals surface area contributed by atoms with Gasteiger partial charge in [0.15, 0.2) is 0 Å². The summed E-state index contributed by atoms with van der Waals surface area (Å²) >= 11 is 0. The van der Waals surface area contributed by atoms with E-state index in [-0.39, 0.29) is 6.04 Å². The summed E-state index contributed by atoms with van der Waals surface area (Å²) in [6.45, 7) is 1.76. The maximum absolute atomic E-state index is 9.43. The summed E-state index contributed by atoms with van der Waals surface area (Å²) in [5, 5.41) is 9.43. The predicted octanol–water partition coefficient (Wildman–Crippen LogP) is 0.462. The lowest BCUT2D eigenvalue weighted by molar-refractivity contribution is 0.153. The highest BCUT2D eigenvalue weighted by atomic mass is 16.3. The van der Waals surface area contributed by atoms with E-state index >= 15 is 0 Å². The van der Waals surface area contributed by atoms with Crippen LogP contribution in [0.5, 0.6) is 0 Å². The van der Waals surface area contributed by atoms with Crippen molar-refractivity contribution in [1.29, 1.82) is 0 Å². The lowest BCUT2D eigenvalue weighted by atomic mass is 10.1. The third-order valence-corrected chi connectivity index (χ3v) is 1.52. The van der Waals surface area contributed by atoms with Gasteiger partial charge >= 0.3 is 0 Å². The minimum atomic E-state index is -0.608. The standard InChI is InChI=1S/C8H12N2O/c1-6(9)8(11)7-3-2-4-10-5-7/h2-6,8,11H,9H2,1H3/t6-,8-/m1/s1. The fraction of sp³-hybridized carbons (Fsp3) is 0.375. The molecule has 0 bridgehead atoms. The Morgan fingerprint density at radius 1 is 1.64 bits per heavy atom. The fourth-order valence-electron chi connectivity index (χ4n) is 0.854. The van der Waals surface area contributed by atoms with Crippen molar-refractivity contribution in [3.63, 3.8) is 0 Å². The van der Waals surface area contributed by atoms with Gasteiger partial charge in [0.05, 0.1) is 6.10 Å². The van der Waals surface area contributed by atoms with Gasteiger partial charge < -0.3 is 10.8 Å². The molecule has 0 radical (unpaired) electrons. The molecule has 0 saturated carbocycles. The summed E-state index contributed by atoms with van der Waals surface area (Å²) in [6.07, 6.45) is 2.68. The number of rotatable bonds is 2. The van der Waals surface area contributed by atoms with Gasteiger partial charge in [0, 0.05) is 24.0 Å². The molecule has 60 valence electrons. The molecule has 0 aliphatic heterocycles. The second-order valence-corrected chi connectivity index (χ2v) is 2.59. The molecular formula is C8H12N2O. The molecule has 0 aliphatic rings. The molecule has 3 nitrogen and oxygen atoms in total. The zero-order valence-corrected chi connectivity index (χ0v) is 6.44. The van der Waals surface area contributed by atoms with Crippen LogP contribution in [0.1, 0.15) is 18.6 Å². The molecule has 0 fully saturated rings. The number of hydrogen-bond acceptors (Lipinski definition) is 3.